The van der Waals surface area contributed by atoms with Gasteiger partial charge in [0.05, 0.1) is 0 Å². The van der Waals surface area contributed by atoms with Crippen LogP contribution in [0.2, 0.25) is 0 Å². The van der Waals surface area contributed by atoms with Crippen LogP contribution >= 0.6 is 12.4 Å². The molecule has 1 aromatic heterocycles. The summed E-state index contributed by atoms with van der Waals surface area (Å²) in [4.78, 5) is 34.4. The Morgan fingerprint density at radius 1 is 1.42 bits per heavy atom. The van der Waals surface area contributed by atoms with E-state index in [0.29, 0.717) is 6.54 Å². The first kappa shape index (κ1) is 17.4. The lowest BCUT2D eigenvalue weighted by atomic mass is 10.3. The Labute approximate surface area is 117 Å². The predicted molar refractivity (Wildman–Crippen MR) is 74.7 cm³/mol. The van der Waals surface area contributed by atoms with E-state index in [2.05, 4.69) is 10.6 Å². The van der Waals surface area contributed by atoms with E-state index < -0.39 is 5.69 Å². The molecule has 1 unspecified atom stereocenters. The lowest BCUT2D eigenvalue weighted by Gasteiger charge is -2.12. The summed E-state index contributed by atoms with van der Waals surface area (Å²) >= 11 is 0. The summed E-state index contributed by atoms with van der Waals surface area (Å²) in [5.74, 6) is -0.266. The van der Waals surface area contributed by atoms with Gasteiger partial charge in [0.25, 0.3) is 5.56 Å². The third-order valence-corrected chi connectivity index (χ3v) is 2.67. The van der Waals surface area contributed by atoms with Gasteiger partial charge in [-0.05, 0) is 14.0 Å². The molecule has 7 nitrogen and oxygen atoms in total. The summed E-state index contributed by atoms with van der Waals surface area (Å²) in [7, 11) is 3.18. The Hall–Kier alpha value is -1.60. The van der Waals surface area contributed by atoms with Gasteiger partial charge in [0.15, 0.2) is 0 Å². The second-order valence-corrected chi connectivity index (χ2v) is 4.12. The van der Waals surface area contributed by atoms with Gasteiger partial charge in [0, 0.05) is 31.9 Å². The minimum atomic E-state index is -0.501. The number of carbonyl (C=O) groups is 1. The molecular formula is C11H19ClN4O3. The van der Waals surface area contributed by atoms with Crippen LogP contribution in [0.4, 0.5) is 0 Å². The third kappa shape index (κ3) is 4.88. The van der Waals surface area contributed by atoms with Crippen molar-refractivity contribution in [2.24, 2.45) is 7.05 Å². The number of halogens is 1. The van der Waals surface area contributed by atoms with Crippen LogP contribution in [0.15, 0.2) is 21.9 Å². The number of hydrogen-bond acceptors (Lipinski definition) is 4. The lowest BCUT2D eigenvalue weighted by Crippen LogP contribution is -2.42. The number of aromatic nitrogens is 2. The molecule has 1 amide bonds. The van der Waals surface area contributed by atoms with E-state index in [-0.39, 0.29) is 36.5 Å². The average Bonchev–Trinajstić information content (AvgIpc) is 2.36. The number of amides is 1. The molecule has 19 heavy (non-hydrogen) atoms. The van der Waals surface area contributed by atoms with Gasteiger partial charge in [0.1, 0.15) is 6.54 Å². The Morgan fingerprint density at radius 3 is 2.63 bits per heavy atom. The van der Waals surface area contributed by atoms with Crippen molar-refractivity contribution >= 4 is 18.3 Å². The summed E-state index contributed by atoms with van der Waals surface area (Å²) in [5, 5.41) is 5.68. The fourth-order valence-corrected chi connectivity index (χ4v) is 1.32. The maximum absolute atomic E-state index is 11.7. The number of nitrogens with zero attached hydrogens (tertiary/aromatic N) is 2. The molecule has 1 heterocycles. The van der Waals surface area contributed by atoms with Gasteiger partial charge in [-0.3, -0.25) is 18.7 Å². The van der Waals surface area contributed by atoms with Gasteiger partial charge >= 0.3 is 5.69 Å². The summed E-state index contributed by atoms with van der Waals surface area (Å²) in [6.07, 6.45) is 1.33. The molecule has 0 saturated heterocycles. The Morgan fingerprint density at radius 2 is 2.05 bits per heavy atom. The third-order valence-electron chi connectivity index (χ3n) is 2.67. The van der Waals surface area contributed by atoms with Crippen LogP contribution < -0.4 is 21.9 Å². The molecule has 0 aliphatic rings. The van der Waals surface area contributed by atoms with Gasteiger partial charge < -0.3 is 10.6 Å². The van der Waals surface area contributed by atoms with Crippen molar-refractivity contribution in [2.75, 3.05) is 13.6 Å². The summed E-state index contributed by atoms with van der Waals surface area (Å²) in [6.45, 7) is 2.32. The number of hydrogen-bond donors (Lipinski definition) is 2. The molecule has 1 aromatic rings. The highest BCUT2D eigenvalue weighted by Gasteiger charge is 2.07. The van der Waals surface area contributed by atoms with E-state index in [4.69, 9.17) is 0 Å². The molecule has 8 heteroatoms. The molecule has 0 saturated carbocycles. The SMILES string of the molecule is CNC(C)CNC(=O)Cn1ccc(=O)n(C)c1=O.Cl. The first-order chi connectivity index (χ1) is 8.45. The Balaban J connectivity index is 0.00000324. The Bertz CT molecular complexity index is 537. The molecular weight excluding hydrogens is 272 g/mol. The predicted octanol–water partition coefficient (Wildman–Crippen LogP) is -1.31. The van der Waals surface area contributed by atoms with Crippen LogP contribution in [0.5, 0.6) is 0 Å². The number of nitrogens with one attached hydrogen (secondary N) is 2. The number of likely N-dealkylation sites (N-methyl/N-ethyl adjacent to an activating group) is 1. The Kier molecular flexibility index (Phi) is 7.10. The number of rotatable bonds is 5. The van der Waals surface area contributed by atoms with Crippen molar-refractivity contribution < 1.29 is 4.79 Å². The van der Waals surface area contributed by atoms with Crippen molar-refractivity contribution in [1.82, 2.24) is 19.8 Å². The largest absolute Gasteiger partial charge is 0.353 e. The van der Waals surface area contributed by atoms with Crippen LogP contribution in [-0.4, -0.2) is 34.7 Å². The molecule has 108 valence electrons. The average molecular weight is 291 g/mol. The maximum Gasteiger partial charge on any atom is 0.331 e. The monoisotopic (exact) mass is 290 g/mol. The summed E-state index contributed by atoms with van der Waals surface area (Å²) in [5.41, 5.74) is -0.889. The minimum Gasteiger partial charge on any atom is -0.353 e. The smallest absolute Gasteiger partial charge is 0.331 e. The second-order valence-electron chi connectivity index (χ2n) is 4.12. The molecule has 0 fully saturated rings. The summed E-state index contributed by atoms with van der Waals surface area (Å²) in [6, 6.07) is 1.41. The van der Waals surface area contributed by atoms with Crippen LogP contribution in [-0.2, 0) is 18.4 Å². The van der Waals surface area contributed by atoms with Gasteiger partial charge in [-0.25, -0.2) is 4.79 Å². The second kappa shape index (κ2) is 7.75. The summed E-state index contributed by atoms with van der Waals surface area (Å²) < 4.78 is 2.16. The zero-order valence-electron chi connectivity index (χ0n) is 11.2. The zero-order chi connectivity index (χ0) is 13.7. The molecule has 0 aromatic carbocycles. The highest BCUT2D eigenvalue weighted by atomic mass is 35.5. The van der Waals surface area contributed by atoms with E-state index in [0.717, 1.165) is 4.57 Å². The van der Waals surface area contributed by atoms with Gasteiger partial charge in [0.2, 0.25) is 5.91 Å². The first-order valence-electron chi connectivity index (χ1n) is 5.66. The van der Waals surface area contributed by atoms with E-state index in [1.165, 1.54) is 23.9 Å². The highest BCUT2D eigenvalue weighted by molar-refractivity contribution is 5.85. The topological polar surface area (TPSA) is 85.1 Å². The maximum atomic E-state index is 11.7. The molecule has 1 atom stereocenters. The van der Waals surface area contributed by atoms with Crippen molar-refractivity contribution in [3.05, 3.63) is 33.1 Å². The molecule has 2 N–H and O–H groups in total. The molecule has 1 rings (SSSR count). The first-order valence-corrected chi connectivity index (χ1v) is 5.66. The molecule has 0 radical (unpaired) electrons. The van der Waals surface area contributed by atoms with Gasteiger partial charge in [-0.1, -0.05) is 0 Å². The quantitative estimate of drug-likeness (QED) is 0.705. The van der Waals surface area contributed by atoms with Crippen LogP contribution in [0.25, 0.3) is 0 Å². The van der Waals surface area contributed by atoms with E-state index in [9.17, 15) is 14.4 Å². The van der Waals surface area contributed by atoms with Gasteiger partial charge in [-0.15, -0.1) is 12.4 Å². The standard InChI is InChI=1S/C11H18N4O3.ClH/c1-8(12-2)6-13-9(16)7-15-5-4-10(17)14(3)11(15)18;/h4-5,8,12H,6-7H2,1-3H3,(H,13,16);1H. The van der Waals surface area contributed by atoms with Crippen LogP contribution in [0.3, 0.4) is 0 Å². The van der Waals surface area contributed by atoms with Crippen molar-refractivity contribution in [3.8, 4) is 0 Å². The fraction of sp³-hybridized carbons (Fsp3) is 0.545. The van der Waals surface area contributed by atoms with Crippen molar-refractivity contribution in [2.45, 2.75) is 19.5 Å². The van der Waals surface area contributed by atoms with Crippen molar-refractivity contribution in [1.29, 1.82) is 0 Å². The van der Waals surface area contributed by atoms with E-state index >= 15 is 0 Å². The molecule has 0 aliphatic heterocycles. The normalized spacial score (nSPS) is 11.5. The van der Waals surface area contributed by atoms with E-state index in [1.807, 2.05) is 6.92 Å². The minimum absolute atomic E-state index is 0. The zero-order valence-corrected chi connectivity index (χ0v) is 12.0. The van der Waals surface area contributed by atoms with E-state index in [1.54, 1.807) is 7.05 Å². The number of carbonyl (C=O) groups excluding carboxylic acids is 1. The van der Waals surface area contributed by atoms with Crippen LogP contribution in [0, 0.1) is 0 Å². The molecule has 0 spiro atoms. The van der Waals surface area contributed by atoms with Gasteiger partial charge in [-0.2, -0.15) is 0 Å². The molecule has 0 bridgehead atoms. The van der Waals surface area contributed by atoms with Crippen molar-refractivity contribution in [3.63, 3.8) is 0 Å². The molecule has 0 aliphatic carbocycles. The fourth-order valence-electron chi connectivity index (χ4n) is 1.32. The highest BCUT2D eigenvalue weighted by Crippen LogP contribution is 1.81. The van der Waals surface area contributed by atoms with Crippen LogP contribution in [0.1, 0.15) is 6.92 Å². The lowest BCUT2D eigenvalue weighted by molar-refractivity contribution is -0.121.